The molecule has 0 aromatic heterocycles. The zero-order chi connectivity index (χ0) is 16.8. The number of anilines is 1. The van der Waals surface area contributed by atoms with E-state index in [0.29, 0.717) is 5.41 Å². The first-order valence-corrected chi connectivity index (χ1v) is 8.70. The van der Waals surface area contributed by atoms with Crippen molar-refractivity contribution >= 4 is 30.0 Å². The molecule has 2 atom stereocenters. The van der Waals surface area contributed by atoms with Gasteiger partial charge >= 0.3 is 6.18 Å². The largest absolute Gasteiger partial charge is 0.416 e. The van der Waals surface area contributed by atoms with Crippen molar-refractivity contribution in [2.24, 2.45) is 5.92 Å². The van der Waals surface area contributed by atoms with Crippen LogP contribution >= 0.6 is 24.4 Å². The van der Waals surface area contributed by atoms with Gasteiger partial charge in [0.2, 0.25) is 0 Å². The topological polar surface area (TPSA) is 24.1 Å². The molecule has 2 aliphatic rings. The Morgan fingerprint density at radius 1 is 1.04 bits per heavy atom. The smallest absolute Gasteiger partial charge is 0.326 e. The van der Waals surface area contributed by atoms with Crippen LogP contribution in [0.1, 0.15) is 17.5 Å². The standard InChI is InChI=1S/C18H17F3N2S.ClH/c19-18(20,21)13-3-7-16(8-4-13)24-23-15-5-1-12(2-6-15)17-9-14(17)10-22-11-17;/h1-8,14,22-23H,9-11H2;1H/t14-,17+;/m1./s1. The molecule has 0 radical (unpaired) electrons. The molecule has 1 heterocycles. The fourth-order valence-electron chi connectivity index (χ4n) is 3.49. The Labute approximate surface area is 155 Å². The zero-order valence-electron chi connectivity index (χ0n) is 13.3. The first kappa shape index (κ1) is 18.4. The minimum atomic E-state index is -4.29. The van der Waals surface area contributed by atoms with E-state index in [2.05, 4.69) is 22.2 Å². The van der Waals surface area contributed by atoms with Gasteiger partial charge in [-0.15, -0.1) is 12.4 Å². The molecule has 25 heavy (non-hydrogen) atoms. The summed E-state index contributed by atoms with van der Waals surface area (Å²) >= 11 is 1.31. The second-order valence-electron chi connectivity index (χ2n) is 6.49. The van der Waals surface area contributed by atoms with E-state index in [-0.39, 0.29) is 12.4 Å². The highest BCUT2D eigenvalue weighted by Crippen LogP contribution is 2.56. The van der Waals surface area contributed by atoms with Crippen LogP contribution < -0.4 is 10.0 Å². The quantitative estimate of drug-likeness (QED) is 0.714. The van der Waals surface area contributed by atoms with Crippen LogP contribution in [0.25, 0.3) is 0 Å². The lowest BCUT2D eigenvalue weighted by Gasteiger charge is -2.13. The first-order chi connectivity index (χ1) is 11.5. The average Bonchev–Trinajstić information content (AvgIpc) is 3.14. The van der Waals surface area contributed by atoms with Gasteiger partial charge in [-0.05, 0) is 72.8 Å². The fourth-order valence-corrected chi connectivity index (χ4v) is 4.13. The van der Waals surface area contributed by atoms with Crippen molar-refractivity contribution in [1.82, 2.24) is 5.32 Å². The lowest BCUT2D eigenvalue weighted by Crippen LogP contribution is -2.19. The minimum Gasteiger partial charge on any atom is -0.326 e. The van der Waals surface area contributed by atoms with Gasteiger partial charge in [0, 0.05) is 22.5 Å². The molecule has 1 saturated carbocycles. The Kier molecular flexibility index (Phi) is 4.97. The first-order valence-electron chi connectivity index (χ1n) is 7.89. The molecule has 0 unspecified atom stereocenters. The third-order valence-corrected chi connectivity index (χ3v) is 5.84. The van der Waals surface area contributed by atoms with Crippen LogP contribution in [0.3, 0.4) is 0 Å². The minimum absolute atomic E-state index is 0. The van der Waals surface area contributed by atoms with Crippen LogP contribution in [0, 0.1) is 5.92 Å². The Bertz CT molecular complexity index is 733. The molecule has 1 aliphatic heterocycles. The Morgan fingerprint density at radius 3 is 2.24 bits per heavy atom. The van der Waals surface area contributed by atoms with Gasteiger partial charge in [0.25, 0.3) is 0 Å². The van der Waals surface area contributed by atoms with Crippen LogP contribution in [-0.4, -0.2) is 13.1 Å². The summed E-state index contributed by atoms with van der Waals surface area (Å²) in [4.78, 5) is 0.743. The van der Waals surface area contributed by atoms with Crippen LogP contribution in [0.5, 0.6) is 0 Å². The summed E-state index contributed by atoms with van der Waals surface area (Å²) in [6, 6.07) is 13.5. The highest BCUT2D eigenvalue weighted by molar-refractivity contribution is 8.00. The van der Waals surface area contributed by atoms with E-state index in [1.807, 2.05) is 12.1 Å². The van der Waals surface area contributed by atoms with Gasteiger partial charge in [-0.1, -0.05) is 12.1 Å². The fraction of sp³-hybridized carbons (Fsp3) is 0.333. The SMILES string of the molecule is Cl.FC(F)(F)c1ccc(SNc2ccc([C@]34CNC[C@H]3C4)cc2)cc1. The van der Waals surface area contributed by atoms with Gasteiger partial charge in [0.05, 0.1) is 5.56 Å². The van der Waals surface area contributed by atoms with Gasteiger partial charge < -0.3 is 10.0 Å². The maximum atomic E-state index is 12.5. The number of hydrogen-bond acceptors (Lipinski definition) is 3. The van der Waals surface area contributed by atoms with Crippen molar-refractivity contribution in [3.05, 3.63) is 59.7 Å². The van der Waals surface area contributed by atoms with Crippen LogP contribution in [0.2, 0.25) is 0 Å². The van der Waals surface area contributed by atoms with Gasteiger partial charge in [0.15, 0.2) is 0 Å². The molecule has 1 saturated heterocycles. The molecule has 2 N–H and O–H groups in total. The monoisotopic (exact) mass is 386 g/mol. The predicted molar refractivity (Wildman–Crippen MR) is 97.3 cm³/mol. The third kappa shape index (κ3) is 3.61. The predicted octanol–water partition coefficient (Wildman–Crippen LogP) is 5.11. The van der Waals surface area contributed by atoms with Crippen LogP contribution in [0.4, 0.5) is 18.9 Å². The van der Waals surface area contributed by atoms with E-state index in [0.717, 1.165) is 41.7 Å². The van der Waals surface area contributed by atoms with Gasteiger partial charge in [-0.3, -0.25) is 0 Å². The summed E-state index contributed by atoms with van der Waals surface area (Å²) < 4.78 is 40.8. The second-order valence-corrected chi connectivity index (χ2v) is 7.37. The molecule has 0 spiro atoms. The number of alkyl halides is 3. The van der Waals surface area contributed by atoms with E-state index in [9.17, 15) is 13.2 Å². The second kappa shape index (κ2) is 6.74. The molecule has 0 amide bonds. The van der Waals surface area contributed by atoms with E-state index in [1.165, 1.54) is 36.1 Å². The van der Waals surface area contributed by atoms with Crippen molar-refractivity contribution in [2.45, 2.75) is 22.9 Å². The van der Waals surface area contributed by atoms with E-state index in [4.69, 9.17) is 0 Å². The van der Waals surface area contributed by atoms with Crippen LogP contribution in [-0.2, 0) is 11.6 Å². The summed E-state index contributed by atoms with van der Waals surface area (Å²) in [5.74, 6) is 0.776. The lowest BCUT2D eigenvalue weighted by atomic mass is 9.95. The molecule has 134 valence electrons. The summed E-state index contributed by atoms with van der Waals surface area (Å²) in [5, 5.41) is 3.44. The molecule has 2 aromatic rings. The number of hydrogen-bond donors (Lipinski definition) is 2. The number of halogens is 4. The molecule has 1 aliphatic carbocycles. The van der Waals surface area contributed by atoms with E-state index >= 15 is 0 Å². The Balaban J connectivity index is 0.00000182. The Morgan fingerprint density at radius 2 is 1.72 bits per heavy atom. The average molecular weight is 387 g/mol. The van der Waals surface area contributed by atoms with E-state index < -0.39 is 11.7 Å². The molecular weight excluding hydrogens is 369 g/mol. The molecule has 2 nitrogen and oxygen atoms in total. The number of piperidine rings is 1. The van der Waals surface area contributed by atoms with Crippen LogP contribution in [0.15, 0.2) is 53.4 Å². The lowest BCUT2D eigenvalue weighted by molar-refractivity contribution is -0.137. The Hall–Kier alpha value is -1.37. The molecular formula is C18H18ClF3N2S. The number of rotatable bonds is 4. The van der Waals surface area contributed by atoms with Crippen molar-refractivity contribution in [1.29, 1.82) is 0 Å². The highest BCUT2D eigenvalue weighted by atomic mass is 35.5. The molecule has 4 rings (SSSR count). The zero-order valence-corrected chi connectivity index (χ0v) is 14.9. The molecule has 0 bridgehead atoms. The number of nitrogens with one attached hydrogen (secondary N) is 2. The van der Waals surface area contributed by atoms with Gasteiger partial charge in [-0.2, -0.15) is 13.2 Å². The third-order valence-electron chi connectivity index (χ3n) is 4.99. The van der Waals surface area contributed by atoms with Gasteiger partial charge in [-0.25, -0.2) is 0 Å². The number of fused-ring (bicyclic) bond motifs is 1. The normalized spacial score (nSPS) is 24.4. The molecule has 7 heteroatoms. The van der Waals surface area contributed by atoms with Crippen molar-refractivity contribution in [3.8, 4) is 0 Å². The summed E-state index contributed by atoms with van der Waals surface area (Å²) in [6.45, 7) is 2.18. The highest BCUT2D eigenvalue weighted by Gasteiger charge is 2.57. The van der Waals surface area contributed by atoms with Crippen molar-refractivity contribution in [3.63, 3.8) is 0 Å². The summed E-state index contributed by atoms with van der Waals surface area (Å²) in [6.07, 6.45) is -3.02. The van der Waals surface area contributed by atoms with Crippen molar-refractivity contribution < 1.29 is 13.2 Å². The van der Waals surface area contributed by atoms with Gasteiger partial charge in [0.1, 0.15) is 0 Å². The molecule has 2 fully saturated rings. The van der Waals surface area contributed by atoms with Crippen molar-refractivity contribution in [2.75, 3.05) is 17.8 Å². The maximum absolute atomic E-state index is 12.5. The molecule has 2 aromatic carbocycles. The number of benzene rings is 2. The summed E-state index contributed by atoms with van der Waals surface area (Å²) in [7, 11) is 0. The maximum Gasteiger partial charge on any atom is 0.416 e. The van der Waals surface area contributed by atoms with E-state index in [1.54, 1.807) is 0 Å². The summed E-state index contributed by atoms with van der Waals surface area (Å²) in [5.41, 5.74) is 2.05.